The molecule has 24 heavy (non-hydrogen) atoms. The predicted molar refractivity (Wildman–Crippen MR) is 90.6 cm³/mol. The fourth-order valence-corrected chi connectivity index (χ4v) is 4.87. The van der Waals surface area contributed by atoms with Crippen molar-refractivity contribution in [2.75, 3.05) is 0 Å². The van der Waals surface area contributed by atoms with Crippen LogP contribution in [0, 0.1) is 16.7 Å². The number of nitrogens with zero attached hydrogens (tertiary/aromatic N) is 3. The molecule has 0 saturated heterocycles. The maximum Gasteiger partial charge on any atom is 0.350 e. The Hall–Kier alpha value is -2.11. The number of hydrogen-bond acceptors (Lipinski definition) is 3. The number of pyridine rings is 1. The molecular formula is C18H24N4O2. The third-order valence-electron chi connectivity index (χ3n) is 6.91. The molecule has 6 nitrogen and oxygen atoms in total. The molecule has 0 aliphatic heterocycles. The highest BCUT2D eigenvalue weighted by atomic mass is 16.2. The van der Waals surface area contributed by atoms with Crippen LogP contribution in [0.1, 0.15) is 40.0 Å². The van der Waals surface area contributed by atoms with E-state index < -0.39 is 0 Å². The Kier molecular flexibility index (Phi) is 3.18. The Morgan fingerprint density at radius 3 is 2.79 bits per heavy atom. The van der Waals surface area contributed by atoms with Crippen molar-refractivity contribution < 1.29 is 4.79 Å². The van der Waals surface area contributed by atoms with Gasteiger partial charge in [0.1, 0.15) is 6.54 Å². The zero-order valence-corrected chi connectivity index (χ0v) is 14.5. The zero-order valence-electron chi connectivity index (χ0n) is 14.5. The SMILES string of the molecule is CC1(C)C2CCC1(C)C(NC(=O)Cn1nc3ccccn3c1=O)C2. The maximum atomic E-state index is 12.5. The highest BCUT2D eigenvalue weighted by Gasteiger charge is 2.61. The Balaban J connectivity index is 1.52. The summed E-state index contributed by atoms with van der Waals surface area (Å²) in [5.74, 6) is 0.542. The number of aromatic nitrogens is 3. The second kappa shape index (κ2) is 4.94. The Morgan fingerprint density at radius 1 is 1.38 bits per heavy atom. The summed E-state index contributed by atoms with van der Waals surface area (Å²) in [6.45, 7) is 6.91. The lowest BCUT2D eigenvalue weighted by atomic mass is 9.69. The van der Waals surface area contributed by atoms with Crippen LogP contribution >= 0.6 is 0 Å². The molecule has 2 aromatic heterocycles. The minimum atomic E-state index is -0.278. The fourth-order valence-electron chi connectivity index (χ4n) is 4.87. The smallest absolute Gasteiger partial charge is 0.350 e. The first kappa shape index (κ1) is 15.4. The van der Waals surface area contributed by atoms with Gasteiger partial charge in [0.2, 0.25) is 5.91 Å². The first-order valence-electron chi connectivity index (χ1n) is 8.66. The first-order chi connectivity index (χ1) is 11.3. The van der Waals surface area contributed by atoms with Crippen molar-refractivity contribution in [3.05, 3.63) is 34.9 Å². The quantitative estimate of drug-likeness (QED) is 0.934. The molecule has 1 N–H and O–H groups in total. The molecule has 2 saturated carbocycles. The van der Waals surface area contributed by atoms with E-state index in [0.717, 1.165) is 12.8 Å². The van der Waals surface area contributed by atoms with E-state index in [1.54, 1.807) is 18.3 Å². The van der Waals surface area contributed by atoms with Gasteiger partial charge in [0.15, 0.2) is 5.65 Å². The van der Waals surface area contributed by atoms with E-state index in [1.807, 2.05) is 6.07 Å². The topological polar surface area (TPSA) is 68.4 Å². The summed E-state index contributed by atoms with van der Waals surface area (Å²) in [5, 5.41) is 7.41. The number of hydrogen-bond donors (Lipinski definition) is 1. The largest absolute Gasteiger partial charge is 0.351 e. The van der Waals surface area contributed by atoms with Gasteiger partial charge < -0.3 is 5.32 Å². The van der Waals surface area contributed by atoms with Crippen LogP contribution in [0.15, 0.2) is 29.2 Å². The Bertz CT molecular complexity index is 865. The van der Waals surface area contributed by atoms with Crippen LogP contribution in [-0.2, 0) is 11.3 Å². The number of amides is 1. The zero-order chi connectivity index (χ0) is 17.1. The molecular weight excluding hydrogens is 304 g/mol. The number of rotatable bonds is 3. The summed E-state index contributed by atoms with van der Waals surface area (Å²) in [6.07, 6.45) is 5.11. The molecule has 0 radical (unpaired) electrons. The van der Waals surface area contributed by atoms with Gasteiger partial charge in [-0.3, -0.25) is 9.20 Å². The first-order valence-corrected chi connectivity index (χ1v) is 8.66. The number of nitrogens with one attached hydrogen (secondary N) is 1. The molecule has 4 rings (SSSR count). The van der Waals surface area contributed by atoms with E-state index in [0.29, 0.717) is 11.6 Å². The monoisotopic (exact) mass is 328 g/mol. The lowest BCUT2D eigenvalue weighted by Gasteiger charge is -2.39. The maximum absolute atomic E-state index is 12.5. The number of carbonyl (C=O) groups excluding carboxylic acids is 1. The normalized spacial score (nSPS) is 30.8. The van der Waals surface area contributed by atoms with Crippen LogP contribution in [0.3, 0.4) is 0 Å². The van der Waals surface area contributed by atoms with Crippen LogP contribution in [0.25, 0.3) is 5.65 Å². The standard InChI is InChI=1S/C18H24N4O2/c1-17(2)12-7-8-18(17,3)13(10-12)19-15(23)11-22-16(24)21-9-5-4-6-14(21)20-22/h4-6,9,12-13H,7-8,10-11H2,1-3H3,(H,19,23). The minimum absolute atomic E-state index is 0.0296. The van der Waals surface area contributed by atoms with Gasteiger partial charge in [0.05, 0.1) is 0 Å². The molecule has 2 fully saturated rings. The van der Waals surface area contributed by atoms with Crippen LogP contribution in [0.5, 0.6) is 0 Å². The van der Waals surface area contributed by atoms with Crippen molar-refractivity contribution in [1.29, 1.82) is 0 Å². The molecule has 2 aliphatic rings. The van der Waals surface area contributed by atoms with Crippen molar-refractivity contribution in [1.82, 2.24) is 19.5 Å². The molecule has 1 amide bonds. The summed E-state index contributed by atoms with van der Waals surface area (Å²) in [6, 6.07) is 5.55. The Morgan fingerprint density at radius 2 is 2.17 bits per heavy atom. The molecule has 3 unspecified atom stereocenters. The third kappa shape index (κ3) is 1.98. The van der Waals surface area contributed by atoms with E-state index in [2.05, 4.69) is 31.2 Å². The predicted octanol–water partition coefficient (Wildman–Crippen LogP) is 1.83. The summed E-state index contributed by atoms with van der Waals surface area (Å²) in [5.41, 5.74) is 0.672. The average molecular weight is 328 g/mol. The van der Waals surface area contributed by atoms with E-state index in [9.17, 15) is 9.59 Å². The van der Waals surface area contributed by atoms with Gasteiger partial charge in [-0.2, -0.15) is 0 Å². The van der Waals surface area contributed by atoms with Crippen LogP contribution in [-0.4, -0.2) is 26.1 Å². The molecule has 2 aliphatic carbocycles. The van der Waals surface area contributed by atoms with Crippen molar-refractivity contribution in [3.8, 4) is 0 Å². The van der Waals surface area contributed by atoms with Crippen molar-refractivity contribution in [2.24, 2.45) is 16.7 Å². The fraction of sp³-hybridized carbons (Fsp3) is 0.611. The van der Waals surface area contributed by atoms with Crippen molar-refractivity contribution >= 4 is 11.6 Å². The molecule has 0 spiro atoms. The second-order valence-corrected chi connectivity index (χ2v) is 8.10. The van der Waals surface area contributed by atoms with E-state index >= 15 is 0 Å². The van der Waals surface area contributed by atoms with Gasteiger partial charge >= 0.3 is 5.69 Å². The summed E-state index contributed by atoms with van der Waals surface area (Å²) >= 11 is 0. The van der Waals surface area contributed by atoms with Crippen LogP contribution in [0.2, 0.25) is 0 Å². The van der Waals surface area contributed by atoms with Gasteiger partial charge in [-0.1, -0.05) is 26.8 Å². The van der Waals surface area contributed by atoms with Gasteiger partial charge in [-0.25, -0.2) is 9.48 Å². The number of fused-ring (bicyclic) bond motifs is 3. The van der Waals surface area contributed by atoms with Crippen molar-refractivity contribution in [2.45, 2.75) is 52.6 Å². The molecule has 3 atom stereocenters. The van der Waals surface area contributed by atoms with Gasteiger partial charge in [0.25, 0.3) is 0 Å². The molecule has 2 aromatic rings. The average Bonchev–Trinajstić information content (AvgIpc) is 3.03. The number of carbonyl (C=O) groups is 1. The van der Waals surface area contributed by atoms with Gasteiger partial charge in [-0.05, 0) is 48.1 Å². The second-order valence-electron chi connectivity index (χ2n) is 8.10. The summed E-state index contributed by atoms with van der Waals surface area (Å²) < 4.78 is 2.70. The van der Waals surface area contributed by atoms with Gasteiger partial charge in [-0.15, -0.1) is 5.10 Å². The molecule has 0 aromatic carbocycles. The highest BCUT2D eigenvalue weighted by molar-refractivity contribution is 5.76. The van der Waals surface area contributed by atoms with E-state index in [4.69, 9.17) is 0 Å². The molecule has 2 bridgehead atoms. The van der Waals surface area contributed by atoms with Crippen LogP contribution < -0.4 is 11.0 Å². The molecule has 128 valence electrons. The molecule has 2 heterocycles. The van der Waals surface area contributed by atoms with Crippen molar-refractivity contribution in [3.63, 3.8) is 0 Å². The summed E-state index contributed by atoms with van der Waals surface area (Å²) in [4.78, 5) is 24.8. The third-order valence-corrected chi connectivity index (χ3v) is 6.91. The van der Waals surface area contributed by atoms with Gasteiger partial charge in [0, 0.05) is 12.2 Å². The van der Waals surface area contributed by atoms with E-state index in [-0.39, 0.29) is 35.0 Å². The molecule has 6 heteroatoms. The van der Waals surface area contributed by atoms with Crippen LogP contribution in [0.4, 0.5) is 0 Å². The Labute approximate surface area is 140 Å². The minimum Gasteiger partial charge on any atom is -0.351 e. The lowest BCUT2D eigenvalue weighted by molar-refractivity contribution is -0.123. The lowest BCUT2D eigenvalue weighted by Crippen LogP contribution is -2.48. The van der Waals surface area contributed by atoms with E-state index in [1.165, 1.54) is 15.5 Å². The highest BCUT2D eigenvalue weighted by Crippen LogP contribution is 2.65. The summed E-state index contributed by atoms with van der Waals surface area (Å²) in [7, 11) is 0.